The van der Waals surface area contributed by atoms with Crippen LogP contribution in [0.3, 0.4) is 0 Å². The number of piperidine rings is 1. The Morgan fingerprint density at radius 2 is 1.90 bits per heavy atom. The summed E-state index contributed by atoms with van der Waals surface area (Å²) in [5, 5.41) is 3.07. The maximum Gasteiger partial charge on any atom is 0.251 e. The van der Waals surface area contributed by atoms with Crippen LogP contribution in [-0.2, 0) is 6.54 Å². The number of fused-ring (bicyclic) bond motifs is 1. The normalized spacial score (nSPS) is 16.9. The largest absolute Gasteiger partial charge is 0.493 e. The van der Waals surface area contributed by atoms with Gasteiger partial charge in [-0.3, -0.25) is 9.69 Å². The average molecular weight is 418 g/mol. The highest BCUT2D eigenvalue weighted by atomic mass is 19.2. The monoisotopic (exact) mass is 418 g/mol. The van der Waals surface area contributed by atoms with E-state index in [9.17, 15) is 13.6 Å². The number of ether oxygens (including phenoxy) is 3. The number of rotatable bonds is 5. The topological polar surface area (TPSA) is 60.0 Å². The Morgan fingerprint density at radius 3 is 2.63 bits per heavy atom. The Hall–Kier alpha value is -2.87. The highest BCUT2D eigenvalue weighted by molar-refractivity contribution is 5.95. The molecule has 0 unspecified atom stereocenters. The quantitative estimate of drug-likeness (QED) is 0.809. The number of nitrogens with one attached hydrogen (secondary N) is 1. The van der Waals surface area contributed by atoms with E-state index in [1.54, 1.807) is 18.2 Å². The summed E-state index contributed by atoms with van der Waals surface area (Å²) < 4.78 is 43.0. The van der Waals surface area contributed by atoms with Crippen LogP contribution in [0.15, 0.2) is 30.3 Å². The second-order valence-corrected chi connectivity index (χ2v) is 7.48. The van der Waals surface area contributed by atoms with Gasteiger partial charge < -0.3 is 19.5 Å². The van der Waals surface area contributed by atoms with Crippen molar-refractivity contribution in [3.8, 4) is 17.2 Å². The van der Waals surface area contributed by atoms with Crippen molar-refractivity contribution < 1.29 is 27.8 Å². The minimum Gasteiger partial charge on any atom is -0.493 e. The molecule has 30 heavy (non-hydrogen) atoms. The second-order valence-electron chi connectivity index (χ2n) is 7.48. The van der Waals surface area contributed by atoms with Crippen molar-refractivity contribution in [3.05, 3.63) is 53.1 Å². The number of amides is 1. The van der Waals surface area contributed by atoms with Crippen molar-refractivity contribution in [1.29, 1.82) is 0 Å². The van der Waals surface area contributed by atoms with Gasteiger partial charge in [0.2, 0.25) is 5.75 Å². The van der Waals surface area contributed by atoms with Crippen LogP contribution in [0.2, 0.25) is 0 Å². The number of methoxy groups -OCH3 is 1. The summed E-state index contributed by atoms with van der Waals surface area (Å²) in [4.78, 5) is 14.9. The lowest BCUT2D eigenvalue weighted by atomic mass is 10.0. The Morgan fingerprint density at radius 1 is 1.13 bits per heavy atom. The summed E-state index contributed by atoms with van der Waals surface area (Å²) in [7, 11) is 1.53. The van der Waals surface area contributed by atoms with E-state index in [0.29, 0.717) is 42.6 Å². The summed E-state index contributed by atoms with van der Waals surface area (Å²) in [6.45, 7) is 2.94. The smallest absolute Gasteiger partial charge is 0.251 e. The minimum absolute atomic E-state index is 0.0397. The van der Waals surface area contributed by atoms with Crippen molar-refractivity contribution in [2.45, 2.75) is 25.4 Å². The predicted molar refractivity (Wildman–Crippen MR) is 106 cm³/mol. The van der Waals surface area contributed by atoms with Crippen LogP contribution in [-0.4, -0.2) is 50.3 Å². The van der Waals surface area contributed by atoms with Crippen LogP contribution < -0.4 is 19.5 Å². The molecule has 160 valence electrons. The molecule has 1 amide bonds. The first-order valence-electron chi connectivity index (χ1n) is 9.98. The van der Waals surface area contributed by atoms with Crippen LogP contribution in [0.5, 0.6) is 17.2 Å². The molecule has 0 spiro atoms. The zero-order valence-corrected chi connectivity index (χ0v) is 16.7. The third-order valence-electron chi connectivity index (χ3n) is 5.40. The SMILES string of the molecule is COc1cc(C(=O)NC2CCN(Cc3ccc(F)c(F)c3)CC2)cc2c1OCCO2. The van der Waals surface area contributed by atoms with Crippen LogP contribution in [0.25, 0.3) is 0 Å². The molecule has 0 aromatic heterocycles. The molecule has 2 aromatic carbocycles. The Kier molecular flexibility index (Phi) is 6.03. The second kappa shape index (κ2) is 8.87. The molecule has 2 heterocycles. The van der Waals surface area contributed by atoms with Crippen LogP contribution in [0.1, 0.15) is 28.8 Å². The van der Waals surface area contributed by atoms with E-state index in [2.05, 4.69) is 10.2 Å². The first kappa shape index (κ1) is 20.4. The number of hydrogen-bond donors (Lipinski definition) is 1. The maximum absolute atomic E-state index is 13.4. The molecule has 0 saturated carbocycles. The molecule has 0 atom stereocenters. The number of carbonyl (C=O) groups excluding carboxylic acids is 1. The number of carbonyl (C=O) groups is 1. The highest BCUT2D eigenvalue weighted by Gasteiger charge is 2.24. The summed E-state index contributed by atoms with van der Waals surface area (Å²) in [6.07, 6.45) is 1.55. The van der Waals surface area contributed by atoms with Gasteiger partial charge in [0.05, 0.1) is 7.11 Å². The van der Waals surface area contributed by atoms with Gasteiger partial charge in [0.15, 0.2) is 23.1 Å². The van der Waals surface area contributed by atoms with Crippen molar-refractivity contribution in [2.75, 3.05) is 33.4 Å². The molecular weight excluding hydrogens is 394 g/mol. The minimum atomic E-state index is -0.837. The maximum atomic E-state index is 13.4. The molecule has 8 heteroatoms. The Labute approximate surface area is 173 Å². The molecule has 1 saturated heterocycles. The first-order chi connectivity index (χ1) is 14.5. The van der Waals surface area contributed by atoms with E-state index in [4.69, 9.17) is 14.2 Å². The van der Waals surface area contributed by atoms with Crippen molar-refractivity contribution in [3.63, 3.8) is 0 Å². The molecule has 2 aliphatic heterocycles. The van der Waals surface area contributed by atoms with Gasteiger partial charge in [-0.05, 0) is 42.7 Å². The first-order valence-corrected chi connectivity index (χ1v) is 9.98. The number of benzene rings is 2. The molecule has 0 radical (unpaired) electrons. The molecule has 0 bridgehead atoms. The Balaban J connectivity index is 1.33. The molecular formula is C22H24F2N2O4. The zero-order chi connectivity index (χ0) is 21.1. The van der Waals surface area contributed by atoms with Gasteiger partial charge in [0.1, 0.15) is 13.2 Å². The van der Waals surface area contributed by atoms with Gasteiger partial charge in [-0.2, -0.15) is 0 Å². The Bertz CT molecular complexity index is 912. The van der Waals surface area contributed by atoms with Gasteiger partial charge in [0, 0.05) is 31.2 Å². The molecule has 4 rings (SSSR count). The van der Waals surface area contributed by atoms with E-state index < -0.39 is 11.6 Å². The number of nitrogens with zero attached hydrogens (tertiary/aromatic N) is 1. The molecule has 6 nitrogen and oxygen atoms in total. The fraction of sp³-hybridized carbons (Fsp3) is 0.409. The fourth-order valence-electron chi connectivity index (χ4n) is 3.80. The lowest BCUT2D eigenvalue weighted by molar-refractivity contribution is 0.0907. The van der Waals surface area contributed by atoms with E-state index in [-0.39, 0.29) is 11.9 Å². The summed E-state index contributed by atoms with van der Waals surface area (Å²) >= 11 is 0. The predicted octanol–water partition coefficient (Wildman–Crippen LogP) is 3.14. The summed E-state index contributed by atoms with van der Waals surface area (Å²) in [6, 6.07) is 7.35. The standard InChI is InChI=1S/C22H24F2N2O4/c1-28-19-11-15(12-20-21(19)30-9-8-29-20)22(27)25-16-4-6-26(7-5-16)13-14-2-3-17(23)18(24)10-14/h2-3,10-12,16H,4-9,13H2,1H3,(H,25,27). The third kappa shape index (κ3) is 4.48. The average Bonchev–Trinajstić information content (AvgIpc) is 2.76. The lowest BCUT2D eigenvalue weighted by Crippen LogP contribution is -2.44. The van der Waals surface area contributed by atoms with Crippen LogP contribution >= 0.6 is 0 Å². The van der Waals surface area contributed by atoms with Crippen molar-refractivity contribution >= 4 is 5.91 Å². The van der Waals surface area contributed by atoms with Gasteiger partial charge in [-0.15, -0.1) is 0 Å². The molecule has 2 aliphatic rings. The van der Waals surface area contributed by atoms with E-state index in [1.807, 2.05) is 0 Å². The van der Waals surface area contributed by atoms with Crippen molar-refractivity contribution in [1.82, 2.24) is 10.2 Å². The molecule has 1 N–H and O–H groups in total. The van der Waals surface area contributed by atoms with E-state index in [1.165, 1.54) is 13.2 Å². The lowest BCUT2D eigenvalue weighted by Gasteiger charge is -2.32. The zero-order valence-electron chi connectivity index (χ0n) is 16.7. The number of halogens is 2. The van der Waals surface area contributed by atoms with Crippen molar-refractivity contribution in [2.24, 2.45) is 0 Å². The molecule has 0 aliphatic carbocycles. The van der Waals surface area contributed by atoms with Gasteiger partial charge >= 0.3 is 0 Å². The number of likely N-dealkylation sites (tertiary alicyclic amines) is 1. The van der Waals surface area contributed by atoms with Gasteiger partial charge in [-0.1, -0.05) is 6.07 Å². The van der Waals surface area contributed by atoms with E-state index >= 15 is 0 Å². The van der Waals surface area contributed by atoms with Gasteiger partial charge in [0.25, 0.3) is 5.91 Å². The molecule has 1 fully saturated rings. The molecule has 2 aromatic rings. The van der Waals surface area contributed by atoms with Gasteiger partial charge in [-0.25, -0.2) is 8.78 Å². The van der Waals surface area contributed by atoms with Crippen LogP contribution in [0.4, 0.5) is 8.78 Å². The van der Waals surface area contributed by atoms with Crippen LogP contribution in [0, 0.1) is 11.6 Å². The number of hydrogen-bond acceptors (Lipinski definition) is 5. The third-order valence-corrected chi connectivity index (χ3v) is 5.40. The fourth-order valence-corrected chi connectivity index (χ4v) is 3.80. The highest BCUT2D eigenvalue weighted by Crippen LogP contribution is 2.40. The summed E-state index contributed by atoms with van der Waals surface area (Å²) in [5.41, 5.74) is 1.19. The summed E-state index contributed by atoms with van der Waals surface area (Å²) in [5.74, 6) is -0.360. The van der Waals surface area contributed by atoms with E-state index in [0.717, 1.165) is 37.6 Å².